The van der Waals surface area contributed by atoms with Crippen LogP contribution in [0.5, 0.6) is 0 Å². The third-order valence-electron chi connectivity index (χ3n) is 5.87. The number of aromatic nitrogens is 2. The summed E-state index contributed by atoms with van der Waals surface area (Å²) in [6.07, 6.45) is 7.10. The summed E-state index contributed by atoms with van der Waals surface area (Å²) < 4.78 is 0. The number of nitrogens with zero attached hydrogens (tertiary/aromatic N) is 3. The highest BCUT2D eigenvalue weighted by Crippen LogP contribution is 2.36. The number of nitrogens with one attached hydrogen (secondary N) is 3. The number of likely N-dealkylation sites (N-methyl/N-ethyl adjacent to an activating group) is 1. The molecule has 1 heterocycles. The number of anilines is 3. The summed E-state index contributed by atoms with van der Waals surface area (Å²) in [6, 6.07) is 9.72. The zero-order chi connectivity index (χ0) is 24.3. The van der Waals surface area contributed by atoms with Gasteiger partial charge in [0.2, 0.25) is 11.9 Å². The van der Waals surface area contributed by atoms with Crippen molar-refractivity contribution < 1.29 is 4.79 Å². The molecular weight excluding hydrogens is 426 g/mol. The molecule has 3 rings (SSSR count). The van der Waals surface area contributed by atoms with Crippen LogP contribution in [0.3, 0.4) is 0 Å². The first kappa shape index (κ1) is 25.2. The highest BCUT2D eigenvalue weighted by molar-refractivity contribution is 5.76. The van der Waals surface area contributed by atoms with Crippen molar-refractivity contribution >= 4 is 23.4 Å². The third kappa shape index (κ3) is 8.51. The first-order valence-corrected chi connectivity index (χ1v) is 12.1. The van der Waals surface area contributed by atoms with Gasteiger partial charge in [0, 0.05) is 31.4 Å². The van der Waals surface area contributed by atoms with E-state index in [1.54, 1.807) is 12.3 Å². The molecule has 1 amide bonds. The second-order valence-electron chi connectivity index (χ2n) is 8.54. The van der Waals surface area contributed by atoms with Crippen LogP contribution in [0.4, 0.5) is 17.5 Å². The van der Waals surface area contributed by atoms with E-state index in [0.29, 0.717) is 42.9 Å². The van der Waals surface area contributed by atoms with Crippen LogP contribution in [-0.4, -0.2) is 47.0 Å². The zero-order valence-corrected chi connectivity index (χ0v) is 20.3. The van der Waals surface area contributed by atoms with E-state index in [-0.39, 0.29) is 5.91 Å². The van der Waals surface area contributed by atoms with Gasteiger partial charge in [-0.1, -0.05) is 32.6 Å². The van der Waals surface area contributed by atoms with E-state index in [1.165, 1.54) is 12.8 Å². The van der Waals surface area contributed by atoms with Crippen molar-refractivity contribution in [3.8, 4) is 0 Å². The van der Waals surface area contributed by atoms with Gasteiger partial charge in [-0.05, 0) is 73.7 Å². The summed E-state index contributed by atoms with van der Waals surface area (Å²) in [4.78, 5) is 23.1. The highest BCUT2D eigenvalue weighted by Gasteiger charge is 2.23. The molecule has 0 unspecified atom stereocenters. The molecule has 1 aliphatic carbocycles. The largest absolute Gasteiger partial charge is 0.385 e. The van der Waals surface area contributed by atoms with E-state index < -0.39 is 0 Å². The fourth-order valence-electron chi connectivity index (χ4n) is 3.57. The molecule has 8 heteroatoms. The maximum absolute atomic E-state index is 12.1. The number of rotatable bonds is 14. The average molecular weight is 464 g/mol. The molecule has 1 fully saturated rings. The number of carbonyl (C=O) groups excluding carboxylic acids is 1. The van der Waals surface area contributed by atoms with Gasteiger partial charge in [-0.3, -0.25) is 4.79 Å². The van der Waals surface area contributed by atoms with Crippen molar-refractivity contribution in [2.45, 2.75) is 39.5 Å². The minimum Gasteiger partial charge on any atom is -0.385 e. The molecule has 1 saturated carbocycles. The van der Waals surface area contributed by atoms with Crippen molar-refractivity contribution in [3.05, 3.63) is 66.1 Å². The lowest BCUT2D eigenvalue weighted by Crippen LogP contribution is -2.34. The maximum atomic E-state index is 12.1. The van der Waals surface area contributed by atoms with Crippen LogP contribution in [0.1, 0.15) is 38.7 Å². The van der Waals surface area contributed by atoms with Crippen molar-refractivity contribution in [2.75, 3.05) is 36.8 Å². The molecule has 8 nitrogen and oxygen atoms in total. The number of allylic oxidation sites excluding steroid dienone is 2. The second-order valence-corrected chi connectivity index (χ2v) is 8.54. The Morgan fingerprint density at radius 1 is 1.21 bits per heavy atom. The number of amides is 1. The number of carbonyl (C=O) groups is 1. The molecule has 0 bridgehead atoms. The van der Waals surface area contributed by atoms with Gasteiger partial charge in [0.15, 0.2) is 0 Å². The second kappa shape index (κ2) is 12.7. The first-order chi connectivity index (χ1) is 16.5. The Balaban J connectivity index is 1.44. The fraction of sp³-hybridized carbons (Fsp3) is 0.423. The molecule has 34 heavy (non-hydrogen) atoms. The van der Waals surface area contributed by atoms with Crippen LogP contribution >= 0.6 is 0 Å². The SMILES string of the molecule is C=C(/C=C(\N)Nc1ccnc(Nc2ccc(CCC(=O)NCCN(CC)CC)cc2)n1)C1CC1. The standard InChI is InChI=1S/C26H37N7O/c1-4-33(5-2)17-16-28-25(34)13-8-20-6-11-22(12-7-20)30-26-29-15-14-24(32-26)31-23(27)18-19(3)21-9-10-21/h6-7,11-12,14-15,18,21H,3-5,8-10,13,16-17,27H2,1-2H3,(H,28,34)(H2,29,30,31,32)/b23-18+. The van der Waals surface area contributed by atoms with Crippen LogP contribution < -0.4 is 21.7 Å². The fourth-order valence-corrected chi connectivity index (χ4v) is 3.57. The minimum absolute atomic E-state index is 0.0844. The maximum Gasteiger partial charge on any atom is 0.229 e. The number of benzene rings is 1. The van der Waals surface area contributed by atoms with Gasteiger partial charge >= 0.3 is 0 Å². The van der Waals surface area contributed by atoms with Gasteiger partial charge in [-0.25, -0.2) is 4.98 Å². The summed E-state index contributed by atoms with van der Waals surface area (Å²) in [5, 5.41) is 9.30. The van der Waals surface area contributed by atoms with Gasteiger partial charge in [-0.15, -0.1) is 0 Å². The van der Waals surface area contributed by atoms with Crippen LogP contribution in [0.15, 0.2) is 60.6 Å². The average Bonchev–Trinajstić information content (AvgIpc) is 3.67. The molecule has 5 N–H and O–H groups in total. The Morgan fingerprint density at radius 2 is 1.94 bits per heavy atom. The Labute approximate surface area is 202 Å². The lowest BCUT2D eigenvalue weighted by Gasteiger charge is -2.17. The molecule has 182 valence electrons. The van der Waals surface area contributed by atoms with Gasteiger partial charge < -0.3 is 26.6 Å². The summed E-state index contributed by atoms with van der Waals surface area (Å²) >= 11 is 0. The van der Waals surface area contributed by atoms with Gasteiger partial charge in [0.1, 0.15) is 11.6 Å². The molecule has 0 spiro atoms. The first-order valence-electron chi connectivity index (χ1n) is 12.1. The van der Waals surface area contributed by atoms with Gasteiger partial charge in [0.05, 0.1) is 0 Å². The molecule has 1 aromatic carbocycles. The summed E-state index contributed by atoms with van der Waals surface area (Å²) in [5.41, 5.74) is 9.10. The Morgan fingerprint density at radius 3 is 2.62 bits per heavy atom. The monoisotopic (exact) mass is 463 g/mol. The molecule has 0 radical (unpaired) electrons. The molecule has 2 aromatic rings. The molecule has 0 saturated heterocycles. The van der Waals surface area contributed by atoms with E-state index in [0.717, 1.165) is 36.5 Å². The van der Waals surface area contributed by atoms with Crippen LogP contribution in [0.2, 0.25) is 0 Å². The van der Waals surface area contributed by atoms with E-state index in [9.17, 15) is 4.79 Å². The Bertz CT molecular complexity index is 979. The van der Waals surface area contributed by atoms with Crippen LogP contribution in [-0.2, 0) is 11.2 Å². The van der Waals surface area contributed by atoms with E-state index in [2.05, 4.69) is 51.2 Å². The normalized spacial score (nSPS) is 13.6. The Kier molecular flexibility index (Phi) is 9.46. The molecule has 0 aliphatic heterocycles. The topological polar surface area (TPSA) is 108 Å². The molecule has 1 aliphatic rings. The highest BCUT2D eigenvalue weighted by atomic mass is 16.1. The third-order valence-corrected chi connectivity index (χ3v) is 5.87. The summed E-state index contributed by atoms with van der Waals surface area (Å²) in [6.45, 7) is 11.9. The van der Waals surface area contributed by atoms with Gasteiger partial charge in [-0.2, -0.15) is 4.98 Å². The van der Waals surface area contributed by atoms with Crippen molar-refractivity contribution in [2.24, 2.45) is 11.7 Å². The molecular formula is C26H37N7O. The quantitative estimate of drug-likeness (QED) is 0.316. The molecule has 0 atom stereocenters. The predicted molar refractivity (Wildman–Crippen MR) is 139 cm³/mol. The van der Waals surface area contributed by atoms with E-state index >= 15 is 0 Å². The van der Waals surface area contributed by atoms with E-state index in [1.807, 2.05) is 30.3 Å². The van der Waals surface area contributed by atoms with Crippen molar-refractivity contribution in [1.29, 1.82) is 0 Å². The summed E-state index contributed by atoms with van der Waals surface area (Å²) in [5.74, 6) is 2.25. The number of nitrogens with two attached hydrogens (primary N) is 1. The van der Waals surface area contributed by atoms with Gasteiger partial charge in [0.25, 0.3) is 0 Å². The lowest BCUT2D eigenvalue weighted by atomic mass is 10.1. The van der Waals surface area contributed by atoms with E-state index in [4.69, 9.17) is 5.73 Å². The Hall–Kier alpha value is -3.39. The van der Waals surface area contributed by atoms with Crippen molar-refractivity contribution in [1.82, 2.24) is 20.2 Å². The minimum atomic E-state index is 0.0844. The van der Waals surface area contributed by atoms with Crippen LogP contribution in [0.25, 0.3) is 0 Å². The summed E-state index contributed by atoms with van der Waals surface area (Å²) in [7, 11) is 0. The van der Waals surface area contributed by atoms with Crippen molar-refractivity contribution in [3.63, 3.8) is 0 Å². The number of hydrogen-bond donors (Lipinski definition) is 4. The smallest absolute Gasteiger partial charge is 0.229 e. The lowest BCUT2D eigenvalue weighted by molar-refractivity contribution is -0.121. The molecule has 1 aromatic heterocycles. The zero-order valence-electron chi connectivity index (χ0n) is 20.3. The number of hydrogen-bond acceptors (Lipinski definition) is 7. The van der Waals surface area contributed by atoms with Crippen LogP contribution in [0, 0.1) is 5.92 Å². The number of aryl methyl sites for hydroxylation is 1. The predicted octanol–water partition coefficient (Wildman–Crippen LogP) is 3.79.